The summed E-state index contributed by atoms with van der Waals surface area (Å²) < 4.78 is 20.2. The van der Waals surface area contributed by atoms with Crippen LogP contribution in [-0.4, -0.2) is 61.9 Å². The SMILES string of the molecule is COC(=O)[C@H]1O[C@H](OC)[C@H](OC(=O)c2ccccc2)[C@H](N)[C@@H]1O. The summed E-state index contributed by atoms with van der Waals surface area (Å²) in [6, 6.07) is 7.20. The maximum Gasteiger partial charge on any atom is 0.338 e. The molecule has 1 aromatic rings. The fraction of sp³-hybridized carbons (Fsp3) is 0.467. The van der Waals surface area contributed by atoms with Crippen LogP contribution in [0.1, 0.15) is 10.4 Å². The molecule has 3 N–H and O–H groups in total. The molecule has 0 bridgehead atoms. The molecule has 0 spiro atoms. The van der Waals surface area contributed by atoms with Gasteiger partial charge in [0.1, 0.15) is 6.10 Å². The van der Waals surface area contributed by atoms with Crippen LogP contribution in [0.5, 0.6) is 0 Å². The lowest BCUT2D eigenvalue weighted by molar-refractivity contribution is -0.262. The van der Waals surface area contributed by atoms with Crippen molar-refractivity contribution in [3.8, 4) is 0 Å². The van der Waals surface area contributed by atoms with Gasteiger partial charge in [0.2, 0.25) is 0 Å². The first-order valence-electron chi connectivity index (χ1n) is 6.95. The molecule has 0 amide bonds. The Morgan fingerprint density at radius 3 is 2.43 bits per heavy atom. The van der Waals surface area contributed by atoms with Crippen LogP contribution in [-0.2, 0) is 23.7 Å². The van der Waals surface area contributed by atoms with Crippen LogP contribution in [0.25, 0.3) is 0 Å². The van der Waals surface area contributed by atoms with Crippen molar-refractivity contribution in [1.82, 2.24) is 0 Å². The van der Waals surface area contributed by atoms with E-state index in [4.69, 9.17) is 19.9 Å². The molecule has 23 heavy (non-hydrogen) atoms. The van der Waals surface area contributed by atoms with Gasteiger partial charge in [-0.05, 0) is 12.1 Å². The third kappa shape index (κ3) is 3.67. The summed E-state index contributed by atoms with van der Waals surface area (Å²) in [6.07, 6.45) is -4.90. The number of aliphatic hydroxyl groups is 1. The average Bonchev–Trinajstić information content (AvgIpc) is 2.59. The highest BCUT2D eigenvalue weighted by atomic mass is 16.7. The van der Waals surface area contributed by atoms with Gasteiger partial charge in [0.15, 0.2) is 18.5 Å². The van der Waals surface area contributed by atoms with Gasteiger partial charge in [0.05, 0.1) is 18.7 Å². The Labute approximate surface area is 133 Å². The number of esters is 2. The largest absolute Gasteiger partial charge is 0.467 e. The van der Waals surface area contributed by atoms with Crippen LogP contribution >= 0.6 is 0 Å². The van der Waals surface area contributed by atoms with Crippen LogP contribution in [0.3, 0.4) is 0 Å². The molecule has 126 valence electrons. The maximum atomic E-state index is 12.1. The number of hydrogen-bond acceptors (Lipinski definition) is 8. The first-order valence-corrected chi connectivity index (χ1v) is 6.95. The first kappa shape index (κ1) is 17.4. The van der Waals surface area contributed by atoms with E-state index in [1.807, 2.05) is 0 Å². The molecule has 0 aliphatic carbocycles. The molecule has 1 aliphatic rings. The second kappa shape index (κ2) is 7.51. The number of nitrogens with two attached hydrogens (primary N) is 1. The van der Waals surface area contributed by atoms with Gasteiger partial charge in [-0.2, -0.15) is 0 Å². The summed E-state index contributed by atoms with van der Waals surface area (Å²) in [6.45, 7) is 0. The van der Waals surface area contributed by atoms with E-state index in [1.165, 1.54) is 7.11 Å². The second-order valence-electron chi connectivity index (χ2n) is 4.99. The molecule has 0 unspecified atom stereocenters. The lowest BCUT2D eigenvalue weighted by Crippen LogP contribution is -2.64. The minimum Gasteiger partial charge on any atom is -0.467 e. The third-order valence-corrected chi connectivity index (χ3v) is 3.55. The van der Waals surface area contributed by atoms with Crippen molar-refractivity contribution in [3.05, 3.63) is 35.9 Å². The number of rotatable bonds is 4. The molecule has 0 aromatic heterocycles. The van der Waals surface area contributed by atoms with Crippen molar-refractivity contribution in [2.75, 3.05) is 14.2 Å². The Hall–Kier alpha value is -2.00. The van der Waals surface area contributed by atoms with Crippen LogP contribution in [0.15, 0.2) is 30.3 Å². The molecule has 1 saturated heterocycles. The zero-order chi connectivity index (χ0) is 17.0. The summed E-state index contributed by atoms with van der Waals surface area (Å²) >= 11 is 0. The van der Waals surface area contributed by atoms with Crippen LogP contribution < -0.4 is 5.73 Å². The normalized spacial score (nSPS) is 30.5. The van der Waals surface area contributed by atoms with Gasteiger partial charge in [-0.15, -0.1) is 0 Å². The van der Waals surface area contributed by atoms with Gasteiger partial charge >= 0.3 is 11.9 Å². The number of benzene rings is 1. The molecule has 1 fully saturated rings. The standard InChI is InChI=1S/C15H19NO7/c1-20-14(19)12-10(17)9(16)11(15(21-2)23-12)22-13(18)8-6-4-3-5-7-8/h3-7,9-12,15,17H,16H2,1-2H3/t9-,10+,11-,12+,15+/m1/s1. The third-order valence-electron chi connectivity index (χ3n) is 3.55. The molecule has 0 saturated carbocycles. The lowest BCUT2D eigenvalue weighted by Gasteiger charge is -2.40. The van der Waals surface area contributed by atoms with Crippen molar-refractivity contribution in [2.24, 2.45) is 5.73 Å². The van der Waals surface area contributed by atoms with Gasteiger partial charge in [0, 0.05) is 7.11 Å². The van der Waals surface area contributed by atoms with Crippen LogP contribution in [0, 0.1) is 0 Å². The highest BCUT2D eigenvalue weighted by Crippen LogP contribution is 2.24. The quantitative estimate of drug-likeness (QED) is 0.708. The second-order valence-corrected chi connectivity index (χ2v) is 4.99. The smallest absolute Gasteiger partial charge is 0.338 e. The summed E-state index contributed by atoms with van der Waals surface area (Å²) in [5, 5.41) is 10.1. The fourth-order valence-corrected chi connectivity index (χ4v) is 2.28. The summed E-state index contributed by atoms with van der Waals surface area (Å²) in [7, 11) is 2.47. The number of carbonyl (C=O) groups is 2. The molecule has 5 atom stereocenters. The van der Waals surface area contributed by atoms with E-state index in [2.05, 4.69) is 4.74 Å². The first-order chi connectivity index (χ1) is 11.0. The highest BCUT2D eigenvalue weighted by Gasteiger charge is 2.49. The number of ether oxygens (including phenoxy) is 4. The van der Waals surface area contributed by atoms with Gasteiger partial charge in [-0.25, -0.2) is 9.59 Å². The summed E-state index contributed by atoms with van der Waals surface area (Å²) in [5.74, 6) is -1.43. The zero-order valence-electron chi connectivity index (χ0n) is 12.7. The van der Waals surface area contributed by atoms with Crippen LogP contribution in [0.4, 0.5) is 0 Å². The number of hydrogen-bond donors (Lipinski definition) is 2. The zero-order valence-corrected chi connectivity index (χ0v) is 12.7. The lowest BCUT2D eigenvalue weighted by atomic mass is 9.96. The summed E-state index contributed by atoms with van der Waals surface area (Å²) in [4.78, 5) is 23.7. The van der Waals surface area contributed by atoms with Gasteiger partial charge < -0.3 is 29.8 Å². The van der Waals surface area contributed by atoms with E-state index in [1.54, 1.807) is 30.3 Å². The average molecular weight is 325 g/mol. The number of methoxy groups -OCH3 is 2. The van der Waals surface area contributed by atoms with E-state index < -0.39 is 42.6 Å². The Balaban J connectivity index is 2.14. The molecule has 1 heterocycles. The van der Waals surface area contributed by atoms with Crippen molar-refractivity contribution in [2.45, 2.75) is 30.6 Å². The van der Waals surface area contributed by atoms with E-state index in [9.17, 15) is 14.7 Å². The Bertz CT molecular complexity index is 548. The molecular weight excluding hydrogens is 306 g/mol. The molecule has 0 radical (unpaired) electrons. The van der Waals surface area contributed by atoms with Gasteiger partial charge in [-0.3, -0.25) is 0 Å². The fourth-order valence-electron chi connectivity index (χ4n) is 2.28. The molecular formula is C15H19NO7. The monoisotopic (exact) mass is 325 g/mol. The van der Waals surface area contributed by atoms with E-state index in [-0.39, 0.29) is 0 Å². The Morgan fingerprint density at radius 1 is 1.22 bits per heavy atom. The molecule has 1 aliphatic heterocycles. The number of carbonyl (C=O) groups excluding carboxylic acids is 2. The Kier molecular flexibility index (Phi) is 5.67. The van der Waals surface area contributed by atoms with E-state index >= 15 is 0 Å². The number of aliphatic hydroxyl groups excluding tert-OH is 1. The topological polar surface area (TPSA) is 117 Å². The van der Waals surface area contributed by atoms with E-state index in [0.717, 1.165) is 7.11 Å². The summed E-state index contributed by atoms with van der Waals surface area (Å²) in [5.41, 5.74) is 6.22. The molecule has 8 heteroatoms. The van der Waals surface area contributed by atoms with Gasteiger partial charge in [-0.1, -0.05) is 18.2 Å². The van der Waals surface area contributed by atoms with E-state index in [0.29, 0.717) is 5.56 Å². The molecule has 2 rings (SSSR count). The van der Waals surface area contributed by atoms with Gasteiger partial charge in [0.25, 0.3) is 0 Å². The predicted octanol–water partition coefficient (Wildman–Crippen LogP) is -0.555. The molecule has 1 aromatic carbocycles. The Morgan fingerprint density at radius 2 is 1.87 bits per heavy atom. The van der Waals surface area contributed by atoms with Crippen molar-refractivity contribution < 1.29 is 33.6 Å². The minimum absolute atomic E-state index is 0.319. The van der Waals surface area contributed by atoms with Crippen molar-refractivity contribution in [3.63, 3.8) is 0 Å². The van der Waals surface area contributed by atoms with Crippen molar-refractivity contribution in [1.29, 1.82) is 0 Å². The molecule has 8 nitrogen and oxygen atoms in total. The highest BCUT2D eigenvalue weighted by molar-refractivity contribution is 5.89. The van der Waals surface area contributed by atoms with Crippen molar-refractivity contribution >= 4 is 11.9 Å². The van der Waals surface area contributed by atoms with Crippen LogP contribution in [0.2, 0.25) is 0 Å². The maximum absolute atomic E-state index is 12.1. The predicted molar refractivity (Wildman–Crippen MR) is 77.3 cm³/mol. The minimum atomic E-state index is -1.40.